The van der Waals surface area contributed by atoms with Crippen molar-refractivity contribution >= 4 is 11.5 Å². The van der Waals surface area contributed by atoms with E-state index in [0.29, 0.717) is 0 Å². The van der Waals surface area contributed by atoms with Gasteiger partial charge in [-0.1, -0.05) is 6.07 Å². The van der Waals surface area contributed by atoms with E-state index < -0.39 is 0 Å². The van der Waals surface area contributed by atoms with Gasteiger partial charge in [0, 0.05) is 37.7 Å². The van der Waals surface area contributed by atoms with Gasteiger partial charge in [0.15, 0.2) is 0 Å². The first kappa shape index (κ1) is 12.4. The van der Waals surface area contributed by atoms with Gasteiger partial charge in [0.25, 0.3) is 0 Å². The lowest BCUT2D eigenvalue weighted by Gasteiger charge is -2.23. The highest BCUT2D eigenvalue weighted by molar-refractivity contribution is 5.53. The Hall–Kier alpha value is -2.10. The molecular weight excluding hydrogens is 224 g/mol. The number of aromatic nitrogens is 2. The number of pyridine rings is 2. The van der Waals surface area contributed by atoms with Crippen molar-refractivity contribution in [2.75, 3.05) is 23.8 Å². The minimum absolute atomic E-state index is 0.810. The topological polar surface area (TPSA) is 41.1 Å². The highest BCUT2D eigenvalue weighted by Gasteiger charge is 2.06. The molecule has 0 bridgehead atoms. The van der Waals surface area contributed by atoms with Crippen molar-refractivity contribution in [1.29, 1.82) is 0 Å². The Morgan fingerprint density at radius 3 is 2.72 bits per heavy atom. The molecule has 0 unspecified atom stereocenters. The SMILES string of the molecule is CCN(Cc1ccccn1)c1ccnc(NC)c1. The highest BCUT2D eigenvalue weighted by atomic mass is 15.1. The van der Waals surface area contributed by atoms with Gasteiger partial charge in [-0.3, -0.25) is 4.98 Å². The van der Waals surface area contributed by atoms with E-state index in [-0.39, 0.29) is 0 Å². The summed E-state index contributed by atoms with van der Waals surface area (Å²) in [5.74, 6) is 0.881. The van der Waals surface area contributed by atoms with Crippen molar-refractivity contribution in [1.82, 2.24) is 9.97 Å². The summed E-state index contributed by atoms with van der Waals surface area (Å²) in [6.07, 6.45) is 3.65. The molecule has 0 fully saturated rings. The van der Waals surface area contributed by atoms with Crippen molar-refractivity contribution in [2.45, 2.75) is 13.5 Å². The van der Waals surface area contributed by atoms with Crippen LogP contribution in [0, 0.1) is 0 Å². The molecule has 2 aromatic rings. The number of hydrogen-bond acceptors (Lipinski definition) is 4. The Bertz CT molecular complexity index is 484. The molecule has 0 aliphatic rings. The number of rotatable bonds is 5. The Balaban J connectivity index is 2.17. The summed E-state index contributed by atoms with van der Waals surface area (Å²) in [4.78, 5) is 10.9. The third-order valence-electron chi connectivity index (χ3n) is 2.83. The summed E-state index contributed by atoms with van der Waals surface area (Å²) in [6, 6.07) is 10.1. The monoisotopic (exact) mass is 242 g/mol. The number of nitrogens with zero attached hydrogens (tertiary/aromatic N) is 3. The van der Waals surface area contributed by atoms with Gasteiger partial charge in [0.2, 0.25) is 0 Å². The van der Waals surface area contributed by atoms with Crippen LogP contribution in [0.2, 0.25) is 0 Å². The summed E-state index contributed by atoms with van der Waals surface area (Å²) >= 11 is 0. The molecule has 2 heterocycles. The second-order valence-corrected chi connectivity index (χ2v) is 3.98. The zero-order valence-corrected chi connectivity index (χ0v) is 10.8. The van der Waals surface area contributed by atoms with Crippen LogP contribution in [0.5, 0.6) is 0 Å². The van der Waals surface area contributed by atoms with E-state index in [4.69, 9.17) is 0 Å². The van der Waals surface area contributed by atoms with E-state index in [9.17, 15) is 0 Å². The van der Waals surface area contributed by atoms with E-state index in [1.807, 2.05) is 49.8 Å². The molecule has 0 saturated carbocycles. The van der Waals surface area contributed by atoms with Crippen LogP contribution in [0.4, 0.5) is 11.5 Å². The fourth-order valence-corrected chi connectivity index (χ4v) is 1.83. The molecular formula is C14H18N4. The van der Waals surface area contributed by atoms with Crippen LogP contribution in [-0.4, -0.2) is 23.6 Å². The lowest BCUT2D eigenvalue weighted by Crippen LogP contribution is -2.22. The van der Waals surface area contributed by atoms with Gasteiger partial charge in [0.1, 0.15) is 5.82 Å². The Morgan fingerprint density at radius 2 is 2.06 bits per heavy atom. The van der Waals surface area contributed by atoms with Crippen molar-refractivity contribution < 1.29 is 0 Å². The van der Waals surface area contributed by atoms with Crippen molar-refractivity contribution in [3.63, 3.8) is 0 Å². The lowest BCUT2D eigenvalue weighted by atomic mass is 10.3. The highest BCUT2D eigenvalue weighted by Crippen LogP contribution is 2.18. The molecule has 2 aromatic heterocycles. The molecule has 18 heavy (non-hydrogen) atoms. The molecule has 0 radical (unpaired) electrons. The van der Waals surface area contributed by atoms with E-state index in [2.05, 4.69) is 27.1 Å². The smallest absolute Gasteiger partial charge is 0.127 e. The fourth-order valence-electron chi connectivity index (χ4n) is 1.83. The molecule has 4 nitrogen and oxygen atoms in total. The molecule has 2 rings (SSSR count). The Kier molecular flexibility index (Phi) is 4.12. The van der Waals surface area contributed by atoms with E-state index >= 15 is 0 Å². The summed E-state index contributed by atoms with van der Waals surface area (Å²) in [6.45, 7) is 3.89. The van der Waals surface area contributed by atoms with Crippen LogP contribution in [0.3, 0.4) is 0 Å². The fraction of sp³-hybridized carbons (Fsp3) is 0.286. The first-order valence-electron chi connectivity index (χ1n) is 6.12. The predicted molar refractivity (Wildman–Crippen MR) is 74.7 cm³/mol. The molecule has 1 N–H and O–H groups in total. The van der Waals surface area contributed by atoms with Crippen molar-refractivity contribution in [2.24, 2.45) is 0 Å². The minimum Gasteiger partial charge on any atom is -0.373 e. The first-order valence-corrected chi connectivity index (χ1v) is 6.12. The van der Waals surface area contributed by atoms with E-state index in [1.165, 1.54) is 0 Å². The maximum Gasteiger partial charge on any atom is 0.127 e. The largest absolute Gasteiger partial charge is 0.373 e. The predicted octanol–water partition coefficient (Wildman–Crippen LogP) is 2.54. The van der Waals surface area contributed by atoms with Crippen molar-refractivity contribution in [3.8, 4) is 0 Å². The average Bonchev–Trinajstić information content (AvgIpc) is 2.46. The average molecular weight is 242 g/mol. The molecule has 0 amide bonds. The zero-order chi connectivity index (χ0) is 12.8. The van der Waals surface area contributed by atoms with Crippen LogP contribution in [0.15, 0.2) is 42.7 Å². The maximum absolute atomic E-state index is 4.36. The molecule has 0 aliphatic carbocycles. The number of nitrogens with one attached hydrogen (secondary N) is 1. The maximum atomic E-state index is 4.36. The second-order valence-electron chi connectivity index (χ2n) is 3.98. The summed E-state index contributed by atoms with van der Waals surface area (Å²) in [7, 11) is 1.88. The third kappa shape index (κ3) is 2.97. The van der Waals surface area contributed by atoms with Crippen LogP contribution in [-0.2, 0) is 6.54 Å². The van der Waals surface area contributed by atoms with Gasteiger partial charge < -0.3 is 10.2 Å². The standard InChI is InChI=1S/C14H18N4/c1-3-18(11-12-6-4-5-8-16-12)13-7-9-17-14(10-13)15-2/h4-10H,3,11H2,1-2H3,(H,15,17). The number of anilines is 2. The molecule has 4 heteroatoms. The van der Waals surface area contributed by atoms with Gasteiger partial charge in [-0.15, -0.1) is 0 Å². The van der Waals surface area contributed by atoms with Crippen LogP contribution in [0.1, 0.15) is 12.6 Å². The van der Waals surface area contributed by atoms with E-state index in [1.54, 1.807) is 0 Å². The normalized spacial score (nSPS) is 10.1. The number of hydrogen-bond donors (Lipinski definition) is 1. The van der Waals surface area contributed by atoms with Gasteiger partial charge in [0.05, 0.1) is 12.2 Å². The molecule has 0 aliphatic heterocycles. The third-order valence-corrected chi connectivity index (χ3v) is 2.83. The Morgan fingerprint density at radius 1 is 1.17 bits per heavy atom. The Labute approximate surface area is 108 Å². The molecule has 0 aromatic carbocycles. The minimum atomic E-state index is 0.810. The summed E-state index contributed by atoms with van der Waals surface area (Å²) < 4.78 is 0. The molecule has 94 valence electrons. The zero-order valence-electron chi connectivity index (χ0n) is 10.8. The first-order chi connectivity index (χ1) is 8.83. The van der Waals surface area contributed by atoms with Crippen LogP contribution in [0.25, 0.3) is 0 Å². The van der Waals surface area contributed by atoms with Gasteiger partial charge >= 0.3 is 0 Å². The van der Waals surface area contributed by atoms with Gasteiger partial charge in [-0.05, 0) is 25.1 Å². The second kappa shape index (κ2) is 6.00. The quantitative estimate of drug-likeness (QED) is 0.874. The molecule has 0 spiro atoms. The van der Waals surface area contributed by atoms with Crippen molar-refractivity contribution in [3.05, 3.63) is 48.4 Å². The molecule has 0 saturated heterocycles. The molecule has 0 atom stereocenters. The summed E-state index contributed by atoms with van der Waals surface area (Å²) in [5.41, 5.74) is 2.23. The van der Waals surface area contributed by atoms with E-state index in [0.717, 1.165) is 30.3 Å². The summed E-state index contributed by atoms with van der Waals surface area (Å²) in [5, 5.41) is 3.06. The van der Waals surface area contributed by atoms with Gasteiger partial charge in [-0.2, -0.15) is 0 Å². The van der Waals surface area contributed by atoms with Crippen LogP contribution < -0.4 is 10.2 Å². The van der Waals surface area contributed by atoms with Crippen LogP contribution >= 0.6 is 0 Å². The lowest BCUT2D eigenvalue weighted by molar-refractivity contribution is 0.809. The van der Waals surface area contributed by atoms with Gasteiger partial charge in [-0.25, -0.2) is 4.98 Å².